The zero-order chi connectivity index (χ0) is 18.5. The van der Waals surface area contributed by atoms with Gasteiger partial charge in [0.05, 0.1) is 12.1 Å². The van der Waals surface area contributed by atoms with Gasteiger partial charge in [0.1, 0.15) is 5.01 Å². The number of hydrogen-bond donors (Lipinski definition) is 1. The average Bonchev–Trinajstić information content (AvgIpc) is 3.19. The Morgan fingerprint density at radius 3 is 2.58 bits per heavy atom. The number of anilines is 1. The van der Waals surface area contributed by atoms with Crippen molar-refractivity contribution in [3.05, 3.63) is 67.8 Å². The summed E-state index contributed by atoms with van der Waals surface area (Å²) in [5, 5.41) is 7.95. The molecule has 0 fully saturated rings. The van der Waals surface area contributed by atoms with Crippen molar-refractivity contribution in [1.29, 1.82) is 0 Å². The quantitative estimate of drug-likeness (QED) is 0.645. The van der Waals surface area contributed by atoms with Crippen molar-refractivity contribution in [2.75, 3.05) is 12.4 Å². The average molecular weight is 386 g/mol. The van der Waals surface area contributed by atoms with E-state index in [0.29, 0.717) is 6.42 Å². The number of carbonyl (C=O) groups excluding carboxylic acids is 1. The molecule has 136 valence electrons. The number of benzene rings is 1. The number of aryl methyl sites for hydroxylation is 2. The molecule has 0 saturated carbocycles. The van der Waals surface area contributed by atoms with Crippen molar-refractivity contribution in [2.45, 2.75) is 33.4 Å². The lowest BCUT2D eigenvalue weighted by Gasteiger charge is -2.14. The van der Waals surface area contributed by atoms with Gasteiger partial charge in [-0.3, -0.25) is 9.69 Å². The highest BCUT2D eigenvalue weighted by Gasteiger charge is 2.11. The molecule has 0 aliphatic rings. The SMILES string of the molecule is Cc1ccc(NC(=O)Cc2nc(CN(C)Cc3sccc3C)cs2)cc1. The van der Waals surface area contributed by atoms with Gasteiger partial charge in [0.2, 0.25) is 5.91 Å². The Hall–Kier alpha value is -2.02. The van der Waals surface area contributed by atoms with E-state index in [9.17, 15) is 4.79 Å². The third-order valence-corrected chi connectivity index (χ3v) is 5.97. The minimum absolute atomic E-state index is 0.0303. The summed E-state index contributed by atoms with van der Waals surface area (Å²) < 4.78 is 0. The highest BCUT2D eigenvalue weighted by molar-refractivity contribution is 7.10. The number of aromatic nitrogens is 1. The molecule has 0 radical (unpaired) electrons. The summed E-state index contributed by atoms with van der Waals surface area (Å²) in [6.07, 6.45) is 0.312. The molecule has 2 heterocycles. The molecule has 0 unspecified atom stereocenters. The first-order valence-electron chi connectivity index (χ1n) is 8.51. The lowest BCUT2D eigenvalue weighted by atomic mass is 10.2. The van der Waals surface area contributed by atoms with Crippen LogP contribution in [0.25, 0.3) is 0 Å². The van der Waals surface area contributed by atoms with Crippen LogP contribution in [0.5, 0.6) is 0 Å². The van der Waals surface area contributed by atoms with Gasteiger partial charge in [-0.15, -0.1) is 22.7 Å². The molecule has 0 aliphatic carbocycles. The smallest absolute Gasteiger partial charge is 0.231 e. The van der Waals surface area contributed by atoms with Crippen LogP contribution in [0.2, 0.25) is 0 Å². The summed E-state index contributed by atoms with van der Waals surface area (Å²) in [5.74, 6) is -0.0303. The minimum Gasteiger partial charge on any atom is -0.326 e. The van der Waals surface area contributed by atoms with Gasteiger partial charge >= 0.3 is 0 Å². The Kier molecular flexibility index (Phi) is 6.19. The third kappa shape index (κ3) is 5.24. The monoisotopic (exact) mass is 385 g/mol. The Morgan fingerprint density at radius 1 is 1.12 bits per heavy atom. The highest BCUT2D eigenvalue weighted by atomic mass is 32.1. The molecule has 0 atom stereocenters. The number of rotatable bonds is 7. The topological polar surface area (TPSA) is 45.2 Å². The predicted molar refractivity (Wildman–Crippen MR) is 110 cm³/mol. The van der Waals surface area contributed by atoms with E-state index >= 15 is 0 Å². The van der Waals surface area contributed by atoms with Crippen LogP contribution in [-0.4, -0.2) is 22.8 Å². The maximum absolute atomic E-state index is 12.2. The van der Waals surface area contributed by atoms with Crippen molar-refractivity contribution in [3.63, 3.8) is 0 Å². The van der Waals surface area contributed by atoms with Crippen LogP contribution in [0.1, 0.15) is 26.7 Å². The largest absolute Gasteiger partial charge is 0.326 e. The number of carbonyl (C=O) groups is 1. The maximum Gasteiger partial charge on any atom is 0.231 e. The second kappa shape index (κ2) is 8.58. The van der Waals surface area contributed by atoms with Crippen LogP contribution >= 0.6 is 22.7 Å². The second-order valence-electron chi connectivity index (χ2n) is 6.52. The van der Waals surface area contributed by atoms with Gasteiger partial charge < -0.3 is 5.32 Å². The Balaban J connectivity index is 1.51. The Morgan fingerprint density at radius 2 is 1.88 bits per heavy atom. The number of thiophene rings is 1. The number of amides is 1. The van der Waals surface area contributed by atoms with E-state index in [1.807, 2.05) is 36.6 Å². The van der Waals surface area contributed by atoms with Crippen molar-refractivity contribution in [2.24, 2.45) is 0 Å². The lowest BCUT2D eigenvalue weighted by Crippen LogP contribution is -2.17. The summed E-state index contributed by atoms with van der Waals surface area (Å²) in [6.45, 7) is 5.88. The maximum atomic E-state index is 12.2. The fourth-order valence-corrected chi connectivity index (χ4v) is 4.39. The highest BCUT2D eigenvalue weighted by Crippen LogP contribution is 2.19. The molecule has 1 amide bonds. The van der Waals surface area contributed by atoms with Gasteiger partial charge in [-0.25, -0.2) is 4.98 Å². The molecular formula is C20H23N3OS2. The Bertz CT molecular complexity index is 867. The summed E-state index contributed by atoms with van der Waals surface area (Å²) in [4.78, 5) is 20.5. The van der Waals surface area contributed by atoms with Crippen molar-refractivity contribution in [3.8, 4) is 0 Å². The molecule has 4 nitrogen and oxygen atoms in total. The van der Waals surface area contributed by atoms with Crippen LogP contribution < -0.4 is 5.32 Å². The molecule has 26 heavy (non-hydrogen) atoms. The van der Waals surface area contributed by atoms with Crippen LogP contribution in [0.4, 0.5) is 5.69 Å². The first-order chi connectivity index (χ1) is 12.5. The van der Waals surface area contributed by atoms with Crippen molar-refractivity contribution >= 4 is 34.3 Å². The Labute approximate surface area is 162 Å². The molecule has 0 bridgehead atoms. The van der Waals surface area contributed by atoms with E-state index in [-0.39, 0.29) is 5.91 Å². The number of thiazole rings is 1. The zero-order valence-electron chi connectivity index (χ0n) is 15.3. The van der Waals surface area contributed by atoms with Gasteiger partial charge in [0.15, 0.2) is 0 Å². The molecule has 6 heteroatoms. The predicted octanol–water partition coefficient (Wildman–Crippen LogP) is 4.63. The van der Waals surface area contributed by atoms with E-state index < -0.39 is 0 Å². The van der Waals surface area contributed by atoms with Gasteiger partial charge in [-0.2, -0.15) is 0 Å². The summed E-state index contributed by atoms with van der Waals surface area (Å²) in [5.41, 5.74) is 4.36. The minimum atomic E-state index is -0.0303. The third-order valence-electron chi connectivity index (χ3n) is 4.06. The molecule has 2 aromatic heterocycles. The number of nitrogens with one attached hydrogen (secondary N) is 1. The van der Waals surface area contributed by atoms with Gasteiger partial charge in [0.25, 0.3) is 0 Å². The number of hydrogen-bond acceptors (Lipinski definition) is 5. The van der Waals surface area contributed by atoms with Crippen LogP contribution in [0, 0.1) is 13.8 Å². The van der Waals surface area contributed by atoms with Crippen molar-refractivity contribution in [1.82, 2.24) is 9.88 Å². The van der Waals surface area contributed by atoms with Gasteiger partial charge in [-0.1, -0.05) is 17.7 Å². The fraction of sp³-hybridized carbons (Fsp3) is 0.300. The first-order valence-corrected chi connectivity index (χ1v) is 10.3. The summed E-state index contributed by atoms with van der Waals surface area (Å²) in [6, 6.07) is 9.97. The van der Waals surface area contributed by atoms with E-state index in [0.717, 1.165) is 29.5 Å². The first kappa shape index (κ1) is 18.8. The van der Waals surface area contributed by atoms with Crippen LogP contribution in [0.3, 0.4) is 0 Å². The molecule has 1 aromatic carbocycles. The van der Waals surface area contributed by atoms with Crippen LogP contribution in [-0.2, 0) is 24.3 Å². The zero-order valence-corrected chi connectivity index (χ0v) is 16.9. The molecule has 0 aliphatic heterocycles. The van der Waals surface area contributed by atoms with Crippen molar-refractivity contribution < 1.29 is 4.79 Å². The van der Waals surface area contributed by atoms with E-state index in [1.54, 1.807) is 22.7 Å². The molecular weight excluding hydrogens is 362 g/mol. The number of nitrogens with zero attached hydrogens (tertiary/aromatic N) is 2. The van der Waals surface area contributed by atoms with Gasteiger partial charge in [0, 0.05) is 29.0 Å². The van der Waals surface area contributed by atoms with Crippen LogP contribution in [0.15, 0.2) is 41.1 Å². The van der Waals surface area contributed by atoms with E-state index in [4.69, 9.17) is 0 Å². The molecule has 0 spiro atoms. The molecule has 1 N–H and O–H groups in total. The summed E-state index contributed by atoms with van der Waals surface area (Å²) in [7, 11) is 2.10. The van der Waals surface area contributed by atoms with Gasteiger partial charge in [-0.05, 0) is 50.0 Å². The normalized spacial score (nSPS) is 11.1. The van der Waals surface area contributed by atoms with E-state index in [2.05, 4.69) is 40.6 Å². The molecule has 3 aromatic rings. The van der Waals surface area contributed by atoms with E-state index in [1.165, 1.54) is 16.0 Å². The lowest BCUT2D eigenvalue weighted by molar-refractivity contribution is -0.115. The molecule has 3 rings (SSSR count). The fourth-order valence-electron chi connectivity index (χ4n) is 2.63. The summed E-state index contributed by atoms with van der Waals surface area (Å²) >= 11 is 3.34. The second-order valence-corrected chi connectivity index (χ2v) is 8.47. The molecule has 0 saturated heterocycles. The standard InChI is InChI=1S/C20H23N3OS2/c1-14-4-6-16(7-5-14)21-19(24)10-20-22-17(13-26-20)11-23(3)12-18-15(2)8-9-25-18/h4-9,13H,10-12H2,1-3H3,(H,21,24).